The summed E-state index contributed by atoms with van der Waals surface area (Å²) in [6.45, 7) is 0. The second-order valence-electron chi connectivity index (χ2n) is 6.01. The van der Waals surface area contributed by atoms with Crippen molar-refractivity contribution < 1.29 is 9.18 Å². The molecule has 132 valence electrons. The summed E-state index contributed by atoms with van der Waals surface area (Å²) in [5.41, 5.74) is 11.9. The van der Waals surface area contributed by atoms with Crippen molar-refractivity contribution in [2.45, 2.75) is 37.8 Å². The van der Waals surface area contributed by atoms with E-state index in [0.717, 1.165) is 25.7 Å². The highest BCUT2D eigenvalue weighted by Crippen LogP contribution is 2.23. The van der Waals surface area contributed by atoms with Gasteiger partial charge in [-0.1, -0.05) is 12.8 Å². The minimum atomic E-state index is -0.717. The molecule has 0 saturated heterocycles. The number of carbonyl (C=O) groups is 1. The first-order valence-electron chi connectivity index (χ1n) is 8.10. The van der Waals surface area contributed by atoms with E-state index in [1.165, 1.54) is 24.5 Å². The molecule has 1 amide bonds. The van der Waals surface area contributed by atoms with Crippen LogP contribution in [-0.4, -0.2) is 32.9 Å². The van der Waals surface area contributed by atoms with E-state index in [2.05, 4.69) is 25.6 Å². The van der Waals surface area contributed by atoms with Gasteiger partial charge in [-0.3, -0.25) is 4.79 Å². The van der Waals surface area contributed by atoms with Crippen molar-refractivity contribution >= 4 is 23.2 Å². The maximum absolute atomic E-state index is 12.9. The number of nitrogens with two attached hydrogens (primary N) is 2. The normalized spacial score (nSPS) is 20.1. The van der Waals surface area contributed by atoms with Crippen LogP contribution in [0.5, 0.6) is 0 Å². The van der Waals surface area contributed by atoms with Crippen LogP contribution in [-0.2, 0) is 0 Å². The van der Waals surface area contributed by atoms with Gasteiger partial charge >= 0.3 is 0 Å². The number of anilines is 3. The number of rotatable bonds is 5. The predicted molar refractivity (Wildman–Crippen MR) is 91.9 cm³/mol. The van der Waals surface area contributed by atoms with Gasteiger partial charge in [0.25, 0.3) is 5.91 Å². The number of primary amides is 1. The highest BCUT2D eigenvalue weighted by atomic mass is 19.1. The Morgan fingerprint density at radius 1 is 1.20 bits per heavy atom. The first-order valence-corrected chi connectivity index (χ1v) is 8.10. The van der Waals surface area contributed by atoms with Crippen LogP contribution in [0.2, 0.25) is 0 Å². The average molecular weight is 345 g/mol. The Morgan fingerprint density at radius 3 is 2.68 bits per heavy atom. The van der Waals surface area contributed by atoms with Crippen molar-refractivity contribution in [1.82, 2.24) is 15.0 Å². The van der Waals surface area contributed by atoms with Crippen LogP contribution in [0.25, 0.3) is 0 Å². The minimum absolute atomic E-state index is 0.0113. The van der Waals surface area contributed by atoms with Crippen LogP contribution >= 0.6 is 0 Å². The zero-order valence-corrected chi connectivity index (χ0v) is 13.6. The van der Waals surface area contributed by atoms with Gasteiger partial charge in [-0.05, 0) is 25.0 Å². The van der Waals surface area contributed by atoms with Gasteiger partial charge in [0.15, 0.2) is 11.5 Å². The maximum atomic E-state index is 12.9. The zero-order chi connectivity index (χ0) is 17.8. The molecular formula is C16H20FN7O. The number of halogens is 1. The fourth-order valence-electron chi connectivity index (χ4n) is 2.84. The van der Waals surface area contributed by atoms with E-state index in [4.69, 9.17) is 11.5 Å². The molecule has 0 bridgehead atoms. The minimum Gasteiger partial charge on any atom is -0.364 e. The summed E-state index contributed by atoms with van der Waals surface area (Å²) in [4.78, 5) is 23.6. The molecule has 2 heterocycles. The Hall–Kier alpha value is -2.81. The molecule has 0 aliphatic heterocycles. The molecule has 0 radical (unpaired) electrons. The van der Waals surface area contributed by atoms with Crippen LogP contribution in [0, 0.1) is 5.95 Å². The lowest BCUT2D eigenvalue weighted by Crippen LogP contribution is -2.42. The van der Waals surface area contributed by atoms with Crippen molar-refractivity contribution in [2.24, 2.45) is 11.5 Å². The van der Waals surface area contributed by atoms with E-state index in [0.29, 0.717) is 11.5 Å². The molecule has 0 spiro atoms. The lowest BCUT2D eigenvalue weighted by atomic mass is 9.91. The van der Waals surface area contributed by atoms with Crippen molar-refractivity contribution in [3.8, 4) is 0 Å². The van der Waals surface area contributed by atoms with E-state index in [1.54, 1.807) is 0 Å². The van der Waals surface area contributed by atoms with E-state index in [1.807, 2.05) is 0 Å². The van der Waals surface area contributed by atoms with Crippen LogP contribution in [0.3, 0.4) is 0 Å². The average Bonchev–Trinajstić information content (AvgIpc) is 2.59. The van der Waals surface area contributed by atoms with Gasteiger partial charge in [0.2, 0.25) is 5.95 Å². The van der Waals surface area contributed by atoms with Gasteiger partial charge in [-0.2, -0.15) is 4.39 Å². The fourth-order valence-corrected chi connectivity index (χ4v) is 2.84. The summed E-state index contributed by atoms with van der Waals surface area (Å²) in [5.74, 6) is -0.653. The third kappa shape index (κ3) is 4.18. The highest BCUT2D eigenvalue weighted by Gasteiger charge is 2.22. The number of nitrogens with zero attached hydrogens (tertiary/aromatic N) is 3. The Morgan fingerprint density at radius 2 is 2.00 bits per heavy atom. The number of carbonyl (C=O) groups excluding carboxylic acids is 1. The van der Waals surface area contributed by atoms with E-state index in [9.17, 15) is 9.18 Å². The summed E-state index contributed by atoms with van der Waals surface area (Å²) < 4.78 is 12.9. The highest BCUT2D eigenvalue weighted by molar-refractivity contribution is 5.96. The lowest BCUT2D eigenvalue weighted by molar-refractivity contribution is 0.0996. The monoisotopic (exact) mass is 345 g/mol. The molecule has 0 aromatic carbocycles. The molecule has 1 fully saturated rings. The van der Waals surface area contributed by atoms with E-state index < -0.39 is 11.9 Å². The Labute approximate surface area is 144 Å². The zero-order valence-electron chi connectivity index (χ0n) is 13.6. The van der Waals surface area contributed by atoms with Gasteiger partial charge in [0.1, 0.15) is 5.82 Å². The smallest absolute Gasteiger partial charge is 0.271 e. The lowest BCUT2D eigenvalue weighted by Gasteiger charge is -2.29. The van der Waals surface area contributed by atoms with Gasteiger partial charge in [-0.15, -0.1) is 0 Å². The molecule has 9 heteroatoms. The number of aromatic nitrogens is 3. The van der Waals surface area contributed by atoms with Gasteiger partial charge in [-0.25, -0.2) is 15.0 Å². The first kappa shape index (κ1) is 17.0. The number of nitrogens with one attached hydrogen (secondary N) is 2. The fraction of sp³-hybridized carbons (Fsp3) is 0.375. The molecule has 1 aliphatic carbocycles. The Bertz CT molecular complexity index is 753. The van der Waals surface area contributed by atoms with Crippen molar-refractivity contribution in [2.75, 3.05) is 10.6 Å². The summed E-state index contributed by atoms with van der Waals surface area (Å²) in [5, 5.41) is 6.16. The molecule has 3 rings (SSSR count). The summed E-state index contributed by atoms with van der Waals surface area (Å²) in [6, 6.07) is 2.82. The second kappa shape index (κ2) is 7.39. The van der Waals surface area contributed by atoms with Crippen molar-refractivity contribution in [3.63, 3.8) is 0 Å². The van der Waals surface area contributed by atoms with Crippen molar-refractivity contribution in [1.29, 1.82) is 0 Å². The Kier molecular flexibility index (Phi) is 5.03. The van der Waals surface area contributed by atoms with Crippen LogP contribution in [0.1, 0.15) is 36.2 Å². The number of hydrogen-bond acceptors (Lipinski definition) is 7. The molecule has 1 aliphatic rings. The van der Waals surface area contributed by atoms with Crippen LogP contribution in [0.15, 0.2) is 24.5 Å². The molecule has 2 atom stereocenters. The summed E-state index contributed by atoms with van der Waals surface area (Å²) in [7, 11) is 0. The third-order valence-electron chi connectivity index (χ3n) is 4.15. The van der Waals surface area contributed by atoms with Gasteiger partial charge in [0.05, 0.1) is 18.1 Å². The van der Waals surface area contributed by atoms with Gasteiger partial charge in [0, 0.05) is 12.1 Å². The Balaban J connectivity index is 1.83. The van der Waals surface area contributed by atoms with E-state index >= 15 is 0 Å². The quantitative estimate of drug-likeness (QED) is 0.604. The van der Waals surface area contributed by atoms with Crippen LogP contribution in [0.4, 0.5) is 21.7 Å². The van der Waals surface area contributed by atoms with Crippen LogP contribution < -0.4 is 22.1 Å². The SMILES string of the molecule is NC(=O)c1ncc(N[C@@H]2CCCC[C@@H]2N)nc1Nc1ccc(F)nc1. The molecule has 0 unspecified atom stereocenters. The summed E-state index contributed by atoms with van der Waals surface area (Å²) in [6.07, 6.45) is 6.87. The maximum Gasteiger partial charge on any atom is 0.271 e. The molecule has 25 heavy (non-hydrogen) atoms. The van der Waals surface area contributed by atoms with Crippen molar-refractivity contribution in [3.05, 3.63) is 36.2 Å². The second-order valence-corrected chi connectivity index (χ2v) is 6.01. The number of pyridine rings is 1. The van der Waals surface area contributed by atoms with Gasteiger partial charge < -0.3 is 22.1 Å². The molecule has 6 N–H and O–H groups in total. The summed E-state index contributed by atoms with van der Waals surface area (Å²) >= 11 is 0. The largest absolute Gasteiger partial charge is 0.364 e. The van der Waals surface area contributed by atoms with E-state index in [-0.39, 0.29) is 23.6 Å². The molecule has 2 aromatic heterocycles. The molecule has 8 nitrogen and oxygen atoms in total. The topological polar surface area (TPSA) is 132 Å². The first-order chi connectivity index (χ1) is 12.0. The molecular weight excluding hydrogens is 325 g/mol. The molecule has 1 saturated carbocycles. The predicted octanol–water partition coefficient (Wildman–Crippen LogP) is 1.53. The number of amides is 1. The molecule has 2 aromatic rings. The number of hydrogen-bond donors (Lipinski definition) is 4. The third-order valence-corrected chi connectivity index (χ3v) is 4.15. The standard InChI is InChI=1S/C16H20FN7O/c17-12-6-5-9(7-20-12)22-16-14(15(19)25)21-8-13(24-16)23-11-4-2-1-3-10(11)18/h5-8,10-11H,1-4,18H2,(H2,19,25)(H2,22,23,24)/t10-,11+/m0/s1.